The third-order valence-corrected chi connectivity index (χ3v) is 12.6. The monoisotopic (exact) mass is 554 g/mol. The SMILES string of the molecule is CC1(C)CC[C@@]2(NC(=O)C(C)(F)F)CC[C@]3(C)[C@H](C(=O)C=C4[C@@]5(C)C=C(C#N)C(=O)C(C)(C)C5CC[C@]43C)[C@H]2C1. The maximum Gasteiger partial charge on any atom is 0.321 e. The number of rotatable bonds is 2. The number of ketones is 2. The van der Waals surface area contributed by atoms with Crippen molar-refractivity contribution < 1.29 is 23.2 Å². The second kappa shape index (κ2) is 8.35. The van der Waals surface area contributed by atoms with Crippen LogP contribution in [0.5, 0.6) is 0 Å². The average Bonchev–Trinajstić information content (AvgIpc) is 2.83. The summed E-state index contributed by atoms with van der Waals surface area (Å²) in [6.45, 7) is 15.3. The Labute approximate surface area is 237 Å². The molecule has 1 amide bonds. The highest BCUT2D eigenvalue weighted by molar-refractivity contribution is 6.04. The predicted octanol–water partition coefficient (Wildman–Crippen LogP) is 6.73. The number of hydrogen-bond donors (Lipinski definition) is 1. The molecule has 0 heterocycles. The number of amides is 1. The Bertz CT molecular complexity index is 1300. The lowest BCUT2D eigenvalue weighted by Gasteiger charge is -2.69. The number of nitriles is 1. The molecule has 3 fully saturated rings. The van der Waals surface area contributed by atoms with Crippen LogP contribution in [0, 0.1) is 56.2 Å². The third-order valence-electron chi connectivity index (χ3n) is 12.6. The molecule has 5 rings (SSSR count). The molecular formula is C33H44F2N2O3. The van der Waals surface area contributed by atoms with Gasteiger partial charge in [-0.15, -0.1) is 0 Å². The summed E-state index contributed by atoms with van der Waals surface area (Å²) in [5.74, 6) is -5.62. The average molecular weight is 555 g/mol. The van der Waals surface area contributed by atoms with E-state index in [1.165, 1.54) is 0 Å². The Kier molecular flexibility index (Phi) is 6.09. The number of nitrogens with one attached hydrogen (secondary N) is 1. The second-order valence-electron chi connectivity index (χ2n) is 15.8. The van der Waals surface area contributed by atoms with E-state index < -0.39 is 44.9 Å². The maximum absolute atomic E-state index is 14.4. The molecule has 0 spiro atoms. The van der Waals surface area contributed by atoms with Crippen molar-refractivity contribution >= 4 is 17.5 Å². The number of carbonyl (C=O) groups is 3. The Morgan fingerprint density at radius 1 is 1.02 bits per heavy atom. The fraction of sp³-hybridized carbons (Fsp3) is 0.758. The van der Waals surface area contributed by atoms with Crippen molar-refractivity contribution in [2.45, 2.75) is 112 Å². The predicted molar refractivity (Wildman–Crippen MR) is 148 cm³/mol. The minimum atomic E-state index is -3.49. The van der Waals surface area contributed by atoms with Crippen LogP contribution in [0.3, 0.4) is 0 Å². The summed E-state index contributed by atoms with van der Waals surface area (Å²) >= 11 is 0. The van der Waals surface area contributed by atoms with Gasteiger partial charge in [-0.2, -0.15) is 14.0 Å². The van der Waals surface area contributed by atoms with Crippen LogP contribution in [-0.2, 0) is 14.4 Å². The van der Waals surface area contributed by atoms with Crippen LogP contribution in [0.2, 0.25) is 0 Å². The summed E-state index contributed by atoms with van der Waals surface area (Å²) in [5, 5.41) is 12.7. The van der Waals surface area contributed by atoms with E-state index in [1.54, 1.807) is 6.08 Å². The highest BCUT2D eigenvalue weighted by atomic mass is 19.3. The van der Waals surface area contributed by atoms with Gasteiger partial charge in [0.2, 0.25) is 0 Å². The van der Waals surface area contributed by atoms with Crippen molar-refractivity contribution in [2.75, 3.05) is 0 Å². The lowest BCUT2D eigenvalue weighted by molar-refractivity contribution is -0.168. The van der Waals surface area contributed by atoms with E-state index in [4.69, 9.17) is 0 Å². The van der Waals surface area contributed by atoms with Gasteiger partial charge in [0, 0.05) is 29.2 Å². The van der Waals surface area contributed by atoms with Crippen LogP contribution in [0.1, 0.15) is 100 Å². The molecule has 5 aliphatic carbocycles. The van der Waals surface area contributed by atoms with E-state index >= 15 is 0 Å². The van der Waals surface area contributed by atoms with Gasteiger partial charge in [-0.3, -0.25) is 14.4 Å². The zero-order valence-electron chi connectivity index (χ0n) is 25.3. The van der Waals surface area contributed by atoms with Crippen LogP contribution < -0.4 is 5.32 Å². The molecule has 0 radical (unpaired) electrons. The highest BCUT2D eigenvalue weighted by Gasteiger charge is 2.70. The molecule has 0 aromatic heterocycles. The number of fused-ring (bicyclic) bond motifs is 7. The van der Waals surface area contributed by atoms with Gasteiger partial charge >= 0.3 is 5.92 Å². The molecule has 0 aromatic carbocycles. The normalized spacial score (nSPS) is 43.6. The van der Waals surface area contributed by atoms with Crippen molar-refractivity contribution in [3.63, 3.8) is 0 Å². The van der Waals surface area contributed by atoms with E-state index in [-0.39, 0.29) is 34.4 Å². The van der Waals surface area contributed by atoms with E-state index in [1.807, 2.05) is 19.9 Å². The highest BCUT2D eigenvalue weighted by Crippen LogP contribution is 2.73. The Hall–Kier alpha value is -2.36. The molecule has 3 saturated carbocycles. The lowest BCUT2D eigenvalue weighted by Crippen LogP contribution is -2.70. The van der Waals surface area contributed by atoms with E-state index in [0.717, 1.165) is 24.8 Å². The van der Waals surface area contributed by atoms with Gasteiger partial charge in [0.1, 0.15) is 6.07 Å². The topological polar surface area (TPSA) is 87.0 Å². The molecule has 1 unspecified atom stereocenters. The van der Waals surface area contributed by atoms with Crippen LogP contribution in [0.15, 0.2) is 23.3 Å². The van der Waals surface area contributed by atoms with E-state index in [0.29, 0.717) is 32.6 Å². The van der Waals surface area contributed by atoms with Gasteiger partial charge in [0.05, 0.1) is 5.57 Å². The van der Waals surface area contributed by atoms with E-state index in [9.17, 15) is 28.4 Å². The summed E-state index contributed by atoms with van der Waals surface area (Å²) in [7, 11) is 0. The first kappa shape index (κ1) is 29.1. The number of hydrogen-bond acceptors (Lipinski definition) is 4. The van der Waals surface area contributed by atoms with Gasteiger partial charge < -0.3 is 5.32 Å². The first-order valence-electron chi connectivity index (χ1n) is 14.8. The summed E-state index contributed by atoms with van der Waals surface area (Å²) < 4.78 is 28.3. The Balaban J connectivity index is 1.67. The first-order chi connectivity index (χ1) is 18.2. The summed E-state index contributed by atoms with van der Waals surface area (Å²) in [6.07, 6.45) is 8.42. The van der Waals surface area contributed by atoms with Crippen LogP contribution in [-0.4, -0.2) is 28.9 Å². The molecule has 7 atom stereocenters. The number of alkyl halides is 2. The Morgan fingerprint density at radius 3 is 2.25 bits per heavy atom. The second-order valence-corrected chi connectivity index (χ2v) is 15.8. The van der Waals surface area contributed by atoms with Gasteiger partial charge in [-0.1, -0.05) is 60.1 Å². The minimum absolute atomic E-state index is 0.0113. The molecule has 40 heavy (non-hydrogen) atoms. The number of nitrogens with zero attached hydrogens (tertiary/aromatic N) is 1. The van der Waals surface area contributed by atoms with E-state index in [2.05, 4.69) is 46.0 Å². The molecule has 0 aliphatic heterocycles. The first-order valence-corrected chi connectivity index (χ1v) is 14.8. The molecule has 5 aliphatic rings. The molecule has 5 nitrogen and oxygen atoms in total. The number of halogens is 2. The van der Waals surface area contributed by atoms with Crippen molar-refractivity contribution in [2.24, 2.45) is 44.8 Å². The van der Waals surface area contributed by atoms with Gasteiger partial charge in [-0.05, 0) is 79.1 Å². The molecule has 218 valence electrons. The number of carbonyl (C=O) groups excluding carboxylic acids is 3. The van der Waals surface area contributed by atoms with Crippen molar-refractivity contribution in [1.82, 2.24) is 5.32 Å². The van der Waals surface area contributed by atoms with Crippen molar-refractivity contribution in [3.05, 3.63) is 23.3 Å². The zero-order valence-corrected chi connectivity index (χ0v) is 25.3. The molecule has 1 N–H and O–H groups in total. The molecule has 0 aromatic rings. The molecule has 7 heteroatoms. The van der Waals surface area contributed by atoms with Gasteiger partial charge in [0.25, 0.3) is 5.91 Å². The Morgan fingerprint density at radius 2 is 1.65 bits per heavy atom. The lowest BCUT2D eigenvalue weighted by atomic mass is 9.35. The summed E-state index contributed by atoms with van der Waals surface area (Å²) in [5.41, 5.74) is -1.98. The smallest absolute Gasteiger partial charge is 0.321 e. The van der Waals surface area contributed by atoms with Crippen molar-refractivity contribution in [1.29, 1.82) is 5.26 Å². The largest absolute Gasteiger partial charge is 0.345 e. The molecule has 0 saturated heterocycles. The van der Waals surface area contributed by atoms with Gasteiger partial charge in [0.15, 0.2) is 11.6 Å². The molecule has 0 bridgehead atoms. The number of Topliss-reactive ketones (excluding diaryl/α,β-unsaturated/α-hetero) is 1. The number of allylic oxidation sites excluding steroid dienone is 4. The third kappa shape index (κ3) is 3.69. The fourth-order valence-corrected chi connectivity index (χ4v) is 10.2. The quantitative estimate of drug-likeness (QED) is 0.410. The minimum Gasteiger partial charge on any atom is -0.345 e. The van der Waals surface area contributed by atoms with Crippen LogP contribution in [0.4, 0.5) is 8.78 Å². The zero-order chi connectivity index (χ0) is 29.9. The van der Waals surface area contributed by atoms with Crippen LogP contribution in [0.25, 0.3) is 0 Å². The standard InChI is InChI=1S/C33H44F2N2O3/c1-27(2)11-13-33(37-26(40)32(8,34)35)14-12-31(7)24(20(33)17-27)21(38)15-23-29(5)16-19(18-36)25(39)28(3,4)22(29)9-10-30(23,31)6/h15-16,20,22,24H,9-14,17H2,1-8H3,(H,37,40)/t20-,22?,24+,29+,30-,31-,33-/m1/s1. The fourth-order valence-electron chi connectivity index (χ4n) is 10.2. The molecular weight excluding hydrogens is 510 g/mol. The maximum atomic E-state index is 14.4. The van der Waals surface area contributed by atoms with Gasteiger partial charge in [-0.25, -0.2) is 0 Å². The van der Waals surface area contributed by atoms with Crippen molar-refractivity contribution in [3.8, 4) is 6.07 Å². The van der Waals surface area contributed by atoms with Crippen LogP contribution >= 0.6 is 0 Å². The summed E-state index contributed by atoms with van der Waals surface area (Å²) in [6, 6.07) is 2.13. The summed E-state index contributed by atoms with van der Waals surface area (Å²) in [4.78, 5) is 40.3.